The molecule has 1 heterocycles. The highest BCUT2D eigenvalue weighted by atomic mass is 79.9. The number of carbonyl (C=O) groups excluding carboxylic acids is 1. The number of ether oxygens (including phenoxy) is 1. The lowest BCUT2D eigenvalue weighted by molar-refractivity contribution is 0.0240. The van der Waals surface area contributed by atoms with Crippen molar-refractivity contribution in [1.82, 2.24) is 4.90 Å². The first-order valence-corrected chi connectivity index (χ1v) is 8.22. The molecule has 0 aliphatic carbocycles. The van der Waals surface area contributed by atoms with Gasteiger partial charge in [-0.1, -0.05) is 11.6 Å². The number of anilines is 1. The molecule has 7 heteroatoms. The molecule has 1 aliphatic rings. The van der Waals surface area contributed by atoms with E-state index in [0.717, 1.165) is 0 Å². The van der Waals surface area contributed by atoms with E-state index in [2.05, 4.69) is 15.9 Å². The van der Waals surface area contributed by atoms with E-state index >= 15 is 0 Å². The second-order valence-electron chi connectivity index (χ2n) is 6.17. The molecule has 1 aromatic carbocycles. The van der Waals surface area contributed by atoms with Gasteiger partial charge in [0.25, 0.3) is 0 Å². The van der Waals surface area contributed by atoms with Crippen LogP contribution < -0.4 is 4.90 Å². The van der Waals surface area contributed by atoms with E-state index in [1.54, 1.807) is 11.0 Å². The van der Waals surface area contributed by atoms with Crippen LogP contribution in [0.15, 0.2) is 16.6 Å². The Morgan fingerprint density at radius 2 is 1.86 bits per heavy atom. The lowest BCUT2D eigenvalue weighted by Gasteiger charge is -2.36. The molecule has 0 radical (unpaired) electrons. The molecule has 0 atom stereocenters. The van der Waals surface area contributed by atoms with Gasteiger partial charge in [-0.2, -0.15) is 0 Å². The van der Waals surface area contributed by atoms with Crippen molar-refractivity contribution in [3.05, 3.63) is 27.4 Å². The van der Waals surface area contributed by atoms with Gasteiger partial charge < -0.3 is 14.5 Å². The summed E-state index contributed by atoms with van der Waals surface area (Å²) in [5.41, 5.74) is -0.0587. The van der Waals surface area contributed by atoms with Crippen LogP contribution in [0, 0.1) is 5.82 Å². The van der Waals surface area contributed by atoms with Gasteiger partial charge in [0.15, 0.2) is 0 Å². The number of benzene rings is 1. The van der Waals surface area contributed by atoms with Crippen molar-refractivity contribution in [3.8, 4) is 0 Å². The first-order chi connectivity index (χ1) is 10.2. The molecule has 0 unspecified atom stereocenters. The molecular weight excluding hydrogens is 375 g/mol. The van der Waals surface area contributed by atoms with Crippen LogP contribution in [-0.2, 0) is 4.74 Å². The quantitative estimate of drug-likeness (QED) is 0.667. The summed E-state index contributed by atoms with van der Waals surface area (Å²) in [6, 6.07) is 2.96. The summed E-state index contributed by atoms with van der Waals surface area (Å²) in [7, 11) is 0. The monoisotopic (exact) mass is 392 g/mol. The number of halogens is 3. The van der Waals surface area contributed by atoms with Crippen LogP contribution in [-0.4, -0.2) is 42.8 Å². The van der Waals surface area contributed by atoms with Crippen LogP contribution in [0.1, 0.15) is 20.8 Å². The van der Waals surface area contributed by atoms with Gasteiger partial charge in [0.05, 0.1) is 10.7 Å². The van der Waals surface area contributed by atoms with Crippen LogP contribution in [0.5, 0.6) is 0 Å². The van der Waals surface area contributed by atoms with E-state index in [0.29, 0.717) is 41.4 Å². The Labute approximate surface area is 143 Å². The van der Waals surface area contributed by atoms with Gasteiger partial charge in [0.2, 0.25) is 0 Å². The minimum absolute atomic E-state index is 0.331. The van der Waals surface area contributed by atoms with Crippen molar-refractivity contribution in [2.24, 2.45) is 0 Å². The lowest BCUT2D eigenvalue weighted by Crippen LogP contribution is -2.50. The Kier molecular flexibility index (Phi) is 5.22. The van der Waals surface area contributed by atoms with E-state index in [-0.39, 0.29) is 11.9 Å². The van der Waals surface area contributed by atoms with E-state index in [9.17, 15) is 9.18 Å². The number of hydrogen-bond acceptors (Lipinski definition) is 3. The van der Waals surface area contributed by atoms with Crippen molar-refractivity contribution in [3.63, 3.8) is 0 Å². The molecule has 1 aromatic rings. The van der Waals surface area contributed by atoms with Crippen molar-refractivity contribution in [2.45, 2.75) is 26.4 Å². The Hall–Kier alpha value is -1.01. The molecule has 0 N–H and O–H groups in total. The summed E-state index contributed by atoms with van der Waals surface area (Å²) < 4.78 is 19.9. The number of rotatable bonds is 1. The smallest absolute Gasteiger partial charge is 0.410 e. The molecule has 1 amide bonds. The molecule has 22 heavy (non-hydrogen) atoms. The standard InChI is InChI=1S/C15H19BrClFN2O2/c1-15(2,3)22-14(21)20-6-4-19(5-7-20)13-9-11(17)10(16)8-12(13)18/h8-9H,4-7H2,1-3H3. The van der Waals surface area contributed by atoms with Crippen LogP contribution in [0.2, 0.25) is 5.02 Å². The Bertz CT molecular complexity index is 569. The average Bonchev–Trinajstić information content (AvgIpc) is 2.41. The molecule has 0 bridgehead atoms. The number of carbonyl (C=O) groups is 1. The summed E-state index contributed by atoms with van der Waals surface area (Å²) >= 11 is 9.23. The third-order valence-electron chi connectivity index (χ3n) is 3.26. The van der Waals surface area contributed by atoms with Gasteiger partial charge in [0.1, 0.15) is 11.4 Å². The maximum absolute atomic E-state index is 14.1. The summed E-state index contributed by atoms with van der Waals surface area (Å²) in [4.78, 5) is 15.5. The second-order valence-corrected chi connectivity index (χ2v) is 7.43. The molecule has 1 aliphatic heterocycles. The van der Waals surface area contributed by atoms with E-state index in [1.165, 1.54) is 6.07 Å². The fraction of sp³-hybridized carbons (Fsp3) is 0.533. The normalized spacial score (nSPS) is 15.9. The first kappa shape index (κ1) is 17.3. The van der Waals surface area contributed by atoms with Crippen LogP contribution in [0.4, 0.5) is 14.9 Å². The van der Waals surface area contributed by atoms with Crippen molar-refractivity contribution in [2.75, 3.05) is 31.1 Å². The fourth-order valence-corrected chi connectivity index (χ4v) is 2.68. The SMILES string of the molecule is CC(C)(C)OC(=O)N1CCN(c2cc(Cl)c(Br)cc2F)CC1. The zero-order valence-corrected chi connectivity index (χ0v) is 15.2. The zero-order chi connectivity index (χ0) is 16.5. The molecule has 0 saturated carbocycles. The Morgan fingerprint density at radius 1 is 1.27 bits per heavy atom. The van der Waals surface area contributed by atoms with Gasteiger partial charge in [-0.05, 0) is 48.8 Å². The third kappa shape index (κ3) is 4.26. The largest absolute Gasteiger partial charge is 0.444 e. The summed E-state index contributed by atoms with van der Waals surface area (Å²) in [5.74, 6) is -0.331. The van der Waals surface area contributed by atoms with Crippen LogP contribution in [0.3, 0.4) is 0 Å². The number of hydrogen-bond donors (Lipinski definition) is 0. The molecule has 122 valence electrons. The predicted octanol–water partition coefficient (Wildman–Crippen LogP) is 4.30. The molecule has 4 nitrogen and oxygen atoms in total. The molecule has 1 saturated heterocycles. The lowest BCUT2D eigenvalue weighted by atomic mass is 10.2. The zero-order valence-electron chi connectivity index (χ0n) is 12.8. The molecule has 2 rings (SSSR count). The van der Waals surface area contributed by atoms with E-state index in [4.69, 9.17) is 16.3 Å². The van der Waals surface area contributed by atoms with Gasteiger partial charge in [-0.3, -0.25) is 0 Å². The maximum atomic E-state index is 14.1. The number of amides is 1. The molecular formula is C15H19BrClFN2O2. The highest BCUT2D eigenvalue weighted by Gasteiger charge is 2.27. The highest BCUT2D eigenvalue weighted by Crippen LogP contribution is 2.31. The van der Waals surface area contributed by atoms with Crippen molar-refractivity contribution >= 4 is 39.3 Å². The molecule has 1 fully saturated rings. The van der Waals surface area contributed by atoms with E-state index < -0.39 is 5.60 Å². The summed E-state index contributed by atoms with van der Waals surface area (Å²) in [6.45, 7) is 7.55. The minimum atomic E-state index is -0.514. The first-order valence-electron chi connectivity index (χ1n) is 7.05. The van der Waals surface area contributed by atoms with Gasteiger partial charge in [-0.15, -0.1) is 0 Å². The summed E-state index contributed by atoms with van der Waals surface area (Å²) in [5, 5.41) is 0.464. The molecule has 0 aromatic heterocycles. The van der Waals surface area contributed by atoms with Gasteiger partial charge >= 0.3 is 6.09 Å². The second kappa shape index (κ2) is 6.62. The van der Waals surface area contributed by atoms with Crippen molar-refractivity contribution < 1.29 is 13.9 Å². The summed E-state index contributed by atoms with van der Waals surface area (Å²) in [6.07, 6.45) is -0.332. The van der Waals surface area contributed by atoms with Gasteiger partial charge in [-0.25, -0.2) is 9.18 Å². The van der Waals surface area contributed by atoms with Gasteiger partial charge in [0, 0.05) is 30.7 Å². The topological polar surface area (TPSA) is 32.8 Å². The molecule has 0 spiro atoms. The number of nitrogens with zero attached hydrogens (tertiary/aromatic N) is 2. The minimum Gasteiger partial charge on any atom is -0.444 e. The third-order valence-corrected chi connectivity index (χ3v) is 4.46. The number of piperazine rings is 1. The highest BCUT2D eigenvalue weighted by molar-refractivity contribution is 9.10. The van der Waals surface area contributed by atoms with Crippen LogP contribution in [0.25, 0.3) is 0 Å². The van der Waals surface area contributed by atoms with Crippen molar-refractivity contribution in [1.29, 1.82) is 0 Å². The Balaban J connectivity index is 2.01. The predicted molar refractivity (Wildman–Crippen MR) is 89.1 cm³/mol. The Morgan fingerprint density at radius 3 is 2.41 bits per heavy atom. The maximum Gasteiger partial charge on any atom is 0.410 e. The fourth-order valence-electron chi connectivity index (χ4n) is 2.21. The average molecular weight is 394 g/mol. The van der Waals surface area contributed by atoms with Crippen LogP contribution >= 0.6 is 27.5 Å². The van der Waals surface area contributed by atoms with E-state index in [1.807, 2.05) is 25.7 Å².